The molecule has 2 N–H and O–H groups in total. The van der Waals surface area contributed by atoms with E-state index in [-0.39, 0.29) is 6.04 Å². The molecule has 0 amide bonds. The SMILES string of the molecule is CCOc1ccc(C2NCCc3c2[nH]c2ccc(Br)cc32)c(C(C)C)c1. The van der Waals surface area contributed by atoms with Crippen LogP contribution in [0.4, 0.5) is 0 Å². The van der Waals surface area contributed by atoms with Gasteiger partial charge in [0.05, 0.1) is 12.6 Å². The van der Waals surface area contributed by atoms with Crippen LogP contribution >= 0.6 is 15.9 Å². The molecule has 0 fully saturated rings. The van der Waals surface area contributed by atoms with Gasteiger partial charge in [-0.15, -0.1) is 0 Å². The number of H-pyrrole nitrogens is 1. The fourth-order valence-electron chi connectivity index (χ4n) is 4.04. The average Bonchev–Trinajstić information content (AvgIpc) is 3.00. The van der Waals surface area contributed by atoms with Crippen molar-refractivity contribution in [2.45, 2.75) is 39.2 Å². The van der Waals surface area contributed by atoms with Gasteiger partial charge in [0.2, 0.25) is 0 Å². The van der Waals surface area contributed by atoms with Crippen LogP contribution in [0.25, 0.3) is 10.9 Å². The molecule has 4 rings (SSSR count). The highest BCUT2D eigenvalue weighted by Crippen LogP contribution is 2.38. The second-order valence-electron chi connectivity index (χ2n) is 7.22. The Morgan fingerprint density at radius 1 is 1.19 bits per heavy atom. The molecule has 2 aromatic carbocycles. The third-order valence-corrected chi connectivity index (χ3v) is 5.71. The number of rotatable bonds is 4. The van der Waals surface area contributed by atoms with E-state index in [2.05, 4.69) is 76.5 Å². The molecular formula is C22H25BrN2O. The minimum Gasteiger partial charge on any atom is -0.494 e. The first-order valence-electron chi connectivity index (χ1n) is 9.38. The van der Waals surface area contributed by atoms with E-state index in [1.165, 1.54) is 33.3 Å². The topological polar surface area (TPSA) is 37.0 Å². The number of benzene rings is 2. The summed E-state index contributed by atoms with van der Waals surface area (Å²) in [4.78, 5) is 3.68. The lowest BCUT2D eigenvalue weighted by atomic mass is 9.87. The third kappa shape index (κ3) is 3.06. The Labute approximate surface area is 163 Å². The molecule has 1 aliphatic rings. The van der Waals surface area contributed by atoms with E-state index in [9.17, 15) is 0 Å². The van der Waals surface area contributed by atoms with Crippen molar-refractivity contribution in [2.75, 3.05) is 13.2 Å². The Balaban J connectivity index is 1.84. The van der Waals surface area contributed by atoms with Crippen LogP contribution in [0, 0.1) is 0 Å². The largest absolute Gasteiger partial charge is 0.494 e. The van der Waals surface area contributed by atoms with Crippen molar-refractivity contribution < 1.29 is 4.74 Å². The molecular weight excluding hydrogens is 388 g/mol. The standard InChI is InChI=1S/C22H25BrN2O/c1-4-26-15-6-7-16(18(12-15)13(2)3)21-22-17(9-10-24-21)19-11-14(23)5-8-20(19)25-22/h5-8,11-13,21,24-25H,4,9-10H2,1-3H3. The molecule has 3 aromatic rings. The van der Waals surface area contributed by atoms with E-state index >= 15 is 0 Å². The second-order valence-corrected chi connectivity index (χ2v) is 8.14. The molecule has 4 heteroatoms. The molecule has 0 saturated carbocycles. The van der Waals surface area contributed by atoms with Crippen LogP contribution in [0.2, 0.25) is 0 Å². The van der Waals surface area contributed by atoms with E-state index in [0.717, 1.165) is 23.2 Å². The maximum absolute atomic E-state index is 5.74. The van der Waals surface area contributed by atoms with Crippen molar-refractivity contribution in [3.05, 3.63) is 63.3 Å². The summed E-state index contributed by atoms with van der Waals surface area (Å²) >= 11 is 3.61. The lowest BCUT2D eigenvalue weighted by molar-refractivity contribution is 0.339. The molecule has 0 saturated heterocycles. The molecule has 1 atom stereocenters. The zero-order valence-corrected chi connectivity index (χ0v) is 17.1. The lowest BCUT2D eigenvalue weighted by Gasteiger charge is -2.28. The van der Waals surface area contributed by atoms with Gasteiger partial charge in [0.25, 0.3) is 0 Å². The molecule has 1 aromatic heterocycles. The van der Waals surface area contributed by atoms with Crippen molar-refractivity contribution in [3.63, 3.8) is 0 Å². The molecule has 2 heterocycles. The van der Waals surface area contributed by atoms with E-state index in [4.69, 9.17) is 4.74 Å². The maximum Gasteiger partial charge on any atom is 0.119 e. The molecule has 1 aliphatic heterocycles. The molecule has 0 bridgehead atoms. The number of halogens is 1. The van der Waals surface area contributed by atoms with Crippen LogP contribution in [0.15, 0.2) is 40.9 Å². The first-order chi connectivity index (χ1) is 12.6. The summed E-state index contributed by atoms with van der Waals surface area (Å²) in [6.07, 6.45) is 1.05. The van der Waals surface area contributed by atoms with Crippen LogP contribution in [0.5, 0.6) is 5.75 Å². The van der Waals surface area contributed by atoms with Gasteiger partial charge in [-0.3, -0.25) is 0 Å². The zero-order chi connectivity index (χ0) is 18.3. The molecule has 3 nitrogen and oxygen atoms in total. The predicted octanol–water partition coefficient (Wildman–Crippen LogP) is 5.69. The minimum atomic E-state index is 0.193. The summed E-state index contributed by atoms with van der Waals surface area (Å²) in [7, 11) is 0. The van der Waals surface area contributed by atoms with Crippen molar-refractivity contribution in [3.8, 4) is 5.75 Å². The number of hydrogen-bond acceptors (Lipinski definition) is 2. The first kappa shape index (κ1) is 17.6. The normalized spacial score (nSPS) is 16.9. The number of ether oxygens (including phenoxy) is 1. The van der Waals surface area contributed by atoms with Crippen molar-refractivity contribution in [2.24, 2.45) is 0 Å². The summed E-state index contributed by atoms with van der Waals surface area (Å²) < 4.78 is 6.87. The highest BCUT2D eigenvalue weighted by molar-refractivity contribution is 9.10. The van der Waals surface area contributed by atoms with Gasteiger partial charge in [0.15, 0.2) is 0 Å². The Kier molecular flexibility index (Phi) is 4.80. The molecule has 0 aliphatic carbocycles. The fraction of sp³-hybridized carbons (Fsp3) is 0.364. The van der Waals surface area contributed by atoms with E-state index < -0.39 is 0 Å². The summed E-state index contributed by atoms with van der Waals surface area (Å²) in [5.74, 6) is 1.40. The van der Waals surface area contributed by atoms with Gasteiger partial charge in [0, 0.05) is 27.6 Å². The van der Waals surface area contributed by atoms with Crippen LogP contribution in [0.1, 0.15) is 55.1 Å². The minimum absolute atomic E-state index is 0.193. The number of nitrogens with one attached hydrogen (secondary N) is 2. The first-order valence-corrected chi connectivity index (χ1v) is 10.2. The summed E-state index contributed by atoms with van der Waals surface area (Å²) in [5.41, 5.74) is 6.64. The van der Waals surface area contributed by atoms with Crippen LogP contribution < -0.4 is 10.1 Å². The van der Waals surface area contributed by atoms with Gasteiger partial charge in [-0.1, -0.05) is 35.8 Å². The second kappa shape index (κ2) is 7.09. The Morgan fingerprint density at radius 3 is 2.81 bits per heavy atom. The van der Waals surface area contributed by atoms with Gasteiger partial charge in [-0.05, 0) is 66.3 Å². The van der Waals surface area contributed by atoms with Crippen LogP contribution in [0.3, 0.4) is 0 Å². The van der Waals surface area contributed by atoms with Crippen LogP contribution in [-0.4, -0.2) is 18.1 Å². The Hall–Kier alpha value is -1.78. The molecule has 0 radical (unpaired) electrons. The quantitative estimate of drug-likeness (QED) is 0.577. The predicted molar refractivity (Wildman–Crippen MR) is 111 cm³/mol. The molecule has 26 heavy (non-hydrogen) atoms. The molecule has 136 valence electrons. The molecule has 0 spiro atoms. The number of fused-ring (bicyclic) bond motifs is 3. The van der Waals surface area contributed by atoms with Gasteiger partial charge >= 0.3 is 0 Å². The number of aromatic amines is 1. The van der Waals surface area contributed by atoms with Crippen molar-refractivity contribution >= 4 is 26.8 Å². The summed E-state index contributed by atoms with van der Waals surface area (Å²) in [6, 6.07) is 13.2. The lowest BCUT2D eigenvalue weighted by Crippen LogP contribution is -2.31. The maximum atomic E-state index is 5.74. The number of hydrogen-bond donors (Lipinski definition) is 2. The van der Waals surface area contributed by atoms with Crippen molar-refractivity contribution in [1.29, 1.82) is 0 Å². The molecule has 1 unspecified atom stereocenters. The monoisotopic (exact) mass is 412 g/mol. The van der Waals surface area contributed by atoms with E-state index in [1.54, 1.807) is 0 Å². The van der Waals surface area contributed by atoms with Crippen LogP contribution in [-0.2, 0) is 6.42 Å². The van der Waals surface area contributed by atoms with Gasteiger partial charge < -0.3 is 15.0 Å². The van der Waals surface area contributed by atoms with E-state index in [0.29, 0.717) is 12.5 Å². The van der Waals surface area contributed by atoms with Gasteiger partial charge in [-0.25, -0.2) is 0 Å². The number of aromatic nitrogens is 1. The van der Waals surface area contributed by atoms with E-state index in [1.807, 2.05) is 6.92 Å². The highest BCUT2D eigenvalue weighted by Gasteiger charge is 2.27. The summed E-state index contributed by atoms with van der Waals surface area (Å²) in [5, 5.41) is 5.06. The fourth-order valence-corrected chi connectivity index (χ4v) is 4.40. The third-order valence-electron chi connectivity index (χ3n) is 5.22. The van der Waals surface area contributed by atoms with Gasteiger partial charge in [0.1, 0.15) is 5.75 Å². The average molecular weight is 413 g/mol. The van der Waals surface area contributed by atoms with Gasteiger partial charge in [-0.2, -0.15) is 0 Å². The van der Waals surface area contributed by atoms with Crippen molar-refractivity contribution in [1.82, 2.24) is 10.3 Å². The smallest absolute Gasteiger partial charge is 0.119 e. The zero-order valence-electron chi connectivity index (χ0n) is 15.5. The highest BCUT2D eigenvalue weighted by atomic mass is 79.9. The Morgan fingerprint density at radius 2 is 2.04 bits per heavy atom. The summed E-state index contributed by atoms with van der Waals surface area (Å²) in [6.45, 7) is 8.21. The Bertz CT molecular complexity index is 945.